The first-order chi connectivity index (χ1) is 24.0. The smallest absolute Gasteiger partial charge is 0.220 e. The van der Waals surface area contributed by atoms with Crippen LogP contribution in [0.2, 0.25) is 0 Å². The molecule has 14 heteroatoms. The third kappa shape index (κ3) is 45.0. The van der Waals surface area contributed by atoms with Crippen LogP contribution >= 0.6 is 0 Å². The highest BCUT2D eigenvalue weighted by atomic mass is 16.6. The van der Waals surface area contributed by atoms with Gasteiger partial charge in [0.15, 0.2) is 0 Å². The Morgan fingerprint density at radius 2 is 0.653 bits per heavy atom. The fourth-order valence-corrected chi connectivity index (χ4v) is 3.59. The van der Waals surface area contributed by atoms with Gasteiger partial charge in [-0.05, 0) is 18.3 Å². The first kappa shape index (κ1) is 48.0. The van der Waals surface area contributed by atoms with Crippen LogP contribution in [0.1, 0.15) is 53.4 Å². The third-order valence-electron chi connectivity index (χ3n) is 6.41. The van der Waals surface area contributed by atoms with Crippen LogP contribution in [-0.4, -0.2) is 171 Å². The molecular formula is C35H71NO13. The van der Waals surface area contributed by atoms with E-state index in [0.717, 1.165) is 25.9 Å². The summed E-state index contributed by atoms with van der Waals surface area (Å²) in [4.78, 5) is 11.5. The lowest BCUT2D eigenvalue weighted by Crippen LogP contribution is -2.27. The second-order valence-electron chi connectivity index (χ2n) is 12.1. The van der Waals surface area contributed by atoms with Crippen LogP contribution < -0.4 is 5.32 Å². The average molecular weight is 714 g/mol. The van der Waals surface area contributed by atoms with Crippen molar-refractivity contribution in [1.82, 2.24) is 5.32 Å². The van der Waals surface area contributed by atoms with Crippen LogP contribution in [0.3, 0.4) is 0 Å². The first-order valence-electron chi connectivity index (χ1n) is 18.2. The minimum atomic E-state index is 0.0797. The average Bonchev–Trinajstić information content (AvgIpc) is 3.07. The highest BCUT2D eigenvalue weighted by molar-refractivity contribution is 5.75. The topological polar surface area (TPSA) is 140 Å². The van der Waals surface area contributed by atoms with E-state index in [0.29, 0.717) is 170 Å². The number of hydrogen-bond acceptors (Lipinski definition) is 13. The molecule has 1 amide bonds. The Bertz CT molecular complexity index is 656. The maximum Gasteiger partial charge on any atom is 0.220 e. The number of nitrogens with one attached hydrogen (secondary N) is 1. The van der Waals surface area contributed by atoms with Crippen molar-refractivity contribution in [3.63, 3.8) is 0 Å². The van der Waals surface area contributed by atoms with Crippen molar-refractivity contribution < 1.29 is 61.6 Å². The van der Waals surface area contributed by atoms with E-state index in [2.05, 4.69) is 33.0 Å². The second kappa shape index (κ2) is 39.8. The van der Waals surface area contributed by atoms with Gasteiger partial charge in [-0.1, -0.05) is 34.1 Å². The van der Waals surface area contributed by atoms with Crippen LogP contribution in [0.5, 0.6) is 0 Å². The van der Waals surface area contributed by atoms with Crippen molar-refractivity contribution in [2.24, 2.45) is 5.41 Å². The Hall–Kier alpha value is -1.01. The van der Waals surface area contributed by atoms with Crippen molar-refractivity contribution in [1.29, 1.82) is 0 Å². The molecule has 294 valence electrons. The van der Waals surface area contributed by atoms with Crippen LogP contribution in [-0.2, 0) is 61.6 Å². The molecule has 0 bridgehead atoms. The van der Waals surface area contributed by atoms with E-state index < -0.39 is 0 Å². The largest absolute Gasteiger partial charge is 0.379 e. The van der Waals surface area contributed by atoms with Gasteiger partial charge in [0.1, 0.15) is 0 Å². The lowest BCUT2D eigenvalue weighted by molar-refractivity contribution is -0.121. The molecule has 0 saturated heterocycles. The van der Waals surface area contributed by atoms with Gasteiger partial charge in [-0.3, -0.25) is 4.79 Å². The molecule has 0 atom stereocenters. The highest BCUT2D eigenvalue weighted by Crippen LogP contribution is 2.17. The van der Waals surface area contributed by atoms with Gasteiger partial charge < -0.3 is 62.2 Å². The van der Waals surface area contributed by atoms with Gasteiger partial charge in [-0.2, -0.15) is 0 Å². The normalized spacial score (nSPS) is 11.8. The maximum absolute atomic E-state index is 11.5. The van der Waals surface area contributed by atoms with Crippen LogP contribution in [0, 0.1) is 5.41 Å². The molecule has 1 N–H and O–H groups in total. The molecule has 0 saturated carbocycles. The Balaban J connectivity index is 3.08. The predicted molar refractivity (Wildman–Crippen MR) is 186 cm³/mol. The van der Waals surface area contributed by atoms with E-state index in [4.69, 9.17) is 56.8 Å². The summed E-state index contributed by atoms with van der Waals surface area (Å²) >= 11 is 0. The maximum atomic E-state index is 11.5. The fourth-order valence-electron chi connectivity index (χ4n) is 3.59. The lowest BCUT2D eigenvalue weighted by Gasteiger charge is -2.17. The van der Waals surface area contributed by atoms with Gasteiger partial charge in [-0.15, -0.1) is 0 Å². The summed E-state index contributed by atoms with van der Waals surface area (Å²) in [7, 11) is 0. The molecule has 0 aliphatic carbocycles. The van der Waals surface area contributed by atoms with Gasteiger partial charge >= 0.3 is 0 Å². The summed E-state index contributed by atoms with van der Waals surface area (Å²) in [6.45, 7) is 21.9. The number of unbranched alkanes of at least 4 members (excludes halogenated alkanes) is 1. The third-order valence-corrected chi connectivity index (χ3v) is 6.41. The van der Waals surface area contributed by atoms with E-state index in [1.54, 1.807) is 0 Å². The fraction of sp³-hybridized carbons (Fsp3) is 0.971. The van der Waals surface area contributed by atoms with Crippen molar-refractivity contribution in [3.05, 3.63) is 0 Å². The highest BCUT2D eigenvalue weighted by Gasteiger charge is 2.09. The quantitative estimate of drug-likeness (QED) is 0.0930. The van der Waals surface area contributed by atoms with Crippen molar-refractivity contribution >= 4 is 5.91 Å². The number of ether oxygens (including phenoxy) is 12. The molecule has 0 aromatic carbocycles. The molecule has 0 aromatic heterocycles. The summed E-state index contributed by atoms with van der Waals surface area (Å²) < 4.78 is 65.8. The van der Waals surface area contributed by atoms with Crippen LogP contribution in [0.15, 0.2) is 0 Å². The van der Waals surface area contributed by atoms with E-state index >= 15 is 0 Å². The molecular weight excluding hydrogens is 642 g/mol. The van der Waals surface area contributed by atoms with E-state index in [-0.39, 0.29) is 5.91 Å². The monoisotopic (exact) mass is 713 g/mol. The molecule has 0 rings (SSSR count). The minimum absolute atomic E-state index is 0.0797. The number of rotatable bonds is 41. The summed E-state index contributed by atoms with van der Waals surface area (Å²) in [6, 6.07) is 0. The number of carbonyl (C=O) groups is 1. The van der Waals surface area contributed by atoms with Crippen LogP contribution in [0.4, 0.5) is 0 Å². The Labute approximate surface area is 296 Å². The van der Waals surface area contributed by atoms with Gasteiger partial charge in [0.25, 0.3) is 0 Å². The van der Waals surface area contributed by atoms with E-state index in [1.807, 2.05) is 0 Å². The second-order valence-corrected chi connectivity index (χ2v) is 12.1. The van der Waals surface area contributed by atoms with Gasteiger partial charge in [0, 0.05) is 19.6 Å². The van der Waals surface area contributed by atoms with E-state index in [1.165, 1.54) is 0 Å². The molecule has 0 fully saturated rings. The standard InChI is InChI=1S/C35H71NO13/c1-5-6-7-34(37)36-9-11-39-13-15-41-17-19-43-21-23-45-25-27-47-29-31-49-33-32-48-30-28-46-26-24-44-22-20-42-18-16-40-14-12-38-10-8-35(2,3)4/h5-33H2,1-4H3,(H,36,37). The number of hydrogen-bond donors (Lipinski definition) is 1. The van der Waals surface area contributed by atoms with Gasteiger partial charge in [-0.25, -0.2) is 0 Å². The van der Waals surface area contributed by atoms with Gasteiger partial charge in [0.05, 0.1) is 152 Å². The Morgan fingerprint density at radius 1 is 0.408 bits per heavy atom. The van der Waals surface area contributed by atoms with Crippen molar-refractivity contribution in [2.75, 3.05) is 165 Å². The number of carbonyl (C=O) groups excluding carboxylic acids is 1. The molecule has 0 unspecified atom stereocenters. The summed E-state index contributed by atoms with van der Waals surface area (Å²) in [6.07, 6.45) is 3.56. The number of amides is 1. The molecule has 0 spiro atoms. The first-order valence-corrected chi connectivity index (χ1v) is 18.2. The Kier molecular flexibility index (Phi) is 39.0. The molecule has 0 aliphatic rings. The van der Waals surface area contributed by atoms with Crippen molar-refractivity contribution in [3.8, 4) is 0 Å². The molecule has 0 aliphatic heterocycles. The lowest BCUT2D eigenvalue weighted by atomic mass is 9.93. The molecule has 0 aromatic rings. The molecule has 49 heavy (non-hydrogen) atoms. The zero-order valence-corrected chi connectivity index (χ0v) is 31.3. The zero-order valence-electron chi connectivity index (χ0n) is 31.3. The summed E-state index contributed by atoms with van der Waals surface area (Å²) in [5, 5.41) is 2.83. The van der Waals surface area contributed by atoms with Gasteiger partial charge in [0.2, 0.25) is 5.91 Å². The SMILES string of the molecule is CCCCC(=O)NCCOCCOCCOCCOCCOCCOCCOCCOCCOCCOCCOCCOCCC(C)(C)C. The molecule has 14 nitrogen and oxygen atoms in total. The summed E-state index contributed by atoms with van der Waals surface area (Å²) in [5.74, 6) is 0.0797. The molecule has 0 radical (unpaired) electrons. The summed E-state index contributed by atoms with van der Waals surface area (Å²) in [5.41, 5.74) is 0.301. The Morgan fingerprint density at radius 3 is 0.898 bits per heavy atom. The van der Waals surface area contributed by atoms with Crippen molar-refractivity contribution in [2.45, 2.75) is 53.4 Å². The minimum Gasteiger partial charge on any atom is -0.379 e. The zero-order chi connectivity index (χ0) is 35.8. The molecule has 0 heterocycles. The van der Waals surface area contributed by atoms with E-state index in [9.17, 15) is 4.79 Å². The van der Waals surface area contributed by atoms with Crippen LogP contribution in [0.25, 0.3) is 0 Å². The predicted octanol–water partition coefficient (Wildman–Crippen LogP) is 2.93.